The number of carboxylic acids is 1. The molecule has 16 heteroatoms. The number of nitrogens with one attached hydrogen (secondary N) is 3. The van der Waals surface area contributed by atoms with Gasteiger partial charge in [0.15, 0.2) is 5.96 Å². The molecule has 4 rings (SSSR count). The van der Waals surface area contributed by atoms with E-state index in [2.05, 4.69) is 10.6 Å². The van der Waals surface area contributed by atoms with Gasteiger partial charge in [-0.15, -0.1) is 0 Å². The van der Waals surface area contributed by atoms with E-state index >= 15 is 0 Å². The number of benzene rings is 1. The van der Waals surface area contributed by atoms with Crippen LogP contribution in [0.3, 0.4) is 0 Å². The van der Waals surface area contributed by atoms with Crippen molar-refractivity contribution in [2.45, 2.75) is 38.2 Å². The molecule has 3 heterocycles. The number of amides is 5. The molecule has 0 bridgehead atoms. The molecule has 0 spiro atoms. The van der Waals surface area contributed by atoms with Crippen LogP contribution in [0.4, 0.5) is 4.79 Å². The Kier molecular flexibility index (Phi) is 8.47. The minimum absolute atomic E-state index is 0.0175. The number of aromatic carboxylic acids is 1. The van der Waals surface area contributed by atoms with E-state index in [4.69, 9.17) is 15.8 Å². The highest BCUT2D eigenvalue weighted by atomic mass is 16.5. The Labute approximate surface area is 230 Å². The van der Waals surface area contributed by atoms with Crippen LogP contribution < -0.4 is 21.0 Å². The average Bonchev–Trinajstić information content (AvgIpc) is 2.93. The molecular formula is C24H32BN7O8. The van der Waals surface area contributed by atoms with Gasteiger partial charge in [-0.05, 0) is 43.7 Å². The predicted octanol–water partition coefficient (Wildman–Crippen LogP) is -1.80. The molecule has 2 atom stereocenters. The summed E-state index contributed by atoms with van der Waals surface area (Å²) in [5, 5.41) is 33.0. The second kappa shape index (κ2) is 11.8. The number of guanidine groups is 1. The molecule has 40 heavy (non-hydrogen) atoms. The monoisotopic (exact) mass is 557 g/mol. The summed E-state index contributed by atoms with van der Waals surface area (Å²) in [6.45, 7) is 2.92. The number of imide groups is 1. The SMILES string of the molecule is CCN1CCN(C(=O)N[C@H](C(=O)N[C@H]2Cc3cccc(C(=O)O)c3OB2O)C2CCN(C(=N)N)CC2)C(=O)C1=O. The topological polar surface area (TPSA) is 219 Å². The molecule has 0 radical (unpaired) electrons. The number of rotatable bonds is 6. The summed E-state index contributed by atoms with van der Waals surface area (Å²) in [7, 11) is -1.56. The number of hydrogen-bond acceptors (Lipinski definition) is 8. The van der Waals surface area contributed by atoms with Crippen molar-refractivity contribution in [1.82, 2.24) is 25.3 Å². The molecule has 1 aromatic rings. The first kappa shape index (κ1) is 28.7. The Bertz CT molecular complexity index is 1220. The Hall–Kier alpha value is -4.34. The van der Waals surface area contributed by atoms with Crippen molar-refractivity contribution < 1.29 is 38.8 Å². The number of piperidine rings is 1. The molecule has 5 amide bonds. The molecule has 0 unspecified atom stereocenters. The number of carbonyl (C=O) groups is 5. The van der Waals surface area contributed by atoms with E-state index in [1.807, 2.05) is 0 Å². The molecule has 3 aliphatic heterocycles. The Morgan fingerprint density at radius 3 is 2.50 bits per heavy atom. The maximum atomic E-state index is 13.6. The smallest absolute Gasteiger partial charge is 0.534 e. The molecule has 3 aliphatic rings. The first-order valence-electron chi connectivity index (χ1n) is 13.0. The minimum atomic E-state index is -1.56. The predicted molar refractivity (Wildman–Crippen MR) is 140 cm³/mol. The van der Waals surface area contributed by atoms with E-state index in [-0.39, 0.29) is 36.8 Å². The van der Waals surface area contributed by atoms with Crippen LogP contribution in [0.2, 0.25) is 0 Å². The fourth-order valence-electron chi connectivity index (χ4n) is 5.24. The molecule has 0 saturated carbocycles. The first-order valence-corrected chi connectivity index (χ1v) is 13.0. The molecule has 0 aliphatic carbocycles. The molecule has 7 N–H and O–H groups in total. The number of carbonyl (C=O) groups excluding carboxylic acids is 4. The Morgan fingerprint density at radius 2 is 1.88 bits per heavy atom. The van der Waals surface area contributed by atoms with E-state index in [0.29, 0.717) is 38.0 Å². The number of nitrogens with zero attached hydrogens (tertiary/aromatic N) is 3. The van der Waals surface area contributed by atoms with Gasteiger partial charge in [0.05, 0.1) is 11.5 Å². The van der Waals surface area contributed by atoms with E-state index < -0.39 is 54.7 Å². The van der Waals surface area contributed by atoms with Gasteiger partial charge in [0, 0.05) is 32.7 Å². The van der Waals surface area contributed by atoms with E-state index in [1.54, 1.807) is 17.9 Å². The van der Waals surface area contributed by atoms with E-state index in [9.17, 15) is 34.1 Å². The van der Waals surface area contributed by atoms with Gasteiger partial charge in [-0.3, -0.25) is 24.7 Å². The van der Waals surface area contributed by atoms with E-state index in [0.717, 1.165) is 4.90 Å². The quantitative estimate of drug-likeness (QED) is 0.0997. The van der Waals surface area contributed by atoms with Crippen LogP contribution in [0.25, 0.3) is 0 Å². The van der Waals surface area contributed by atoms with Crippen LogP contribution in [0.15, 0.2) is 18.2 Å². The summed E-state index contributed by atoms with van der Waals surface area (Å²) in [4.78, 5) is 66.9. The van der Waals surface area contributed by atoms with Gasteiger partial charge in [-0.1, -0.05) is 12.1 Å². The standard InChI is InChI=1S/C24H32BN7O8/c1-2-30-10-11-32(21(35)20(30)34)24(38)29-17(13-6-8-31(9-7-13)23(26)27)19(33)28-16-12-14-4-3-5-15(22(36)37)18(14)40-25(16)39/h3-5,13,16-17,39H,2,6-12H2,1H3,(H3,26,27)(H,28,33)(H,29,38)(H,36,37)/t16-,17-/m0/s1. The number of fused-ring (bicyclic) bond motifs is 1. The molecular weight excluding hydrogens is 525 g/mol. The van der Waals surface area contributed by atoms with Crippen LogP contribution >= 0.6 is 0 Å². The summed E-state index contributed by atoms with van der Waals surface area (Å²) < 4.78 is 5.46. The maximum absolute atomic E-state index is 13.6. The highest BCUT2D eigenvalue weighted by molar-refractivity contribution is 6.47. The van der Waals surface area contributed by atoms with Crippen molar-refractivity contribution in [3.63, 3.8) is 0 Å². The summed E-state index contributed by atoms with van der Waals surface area (Å²) in [5.74, 6) is -5.12. The number of urea groups is 1. The van der Waals surface area contributed by atoms with Gasteiger partial charge < -0.3 is 41.0 Å². The van der Waals surface area contributed by atoms with Crippen molar-refractivity contribution in [2.75, 3.05) is 32.7 Å². The van der Waals surface area contributed by atoms with Crippen LogP contribution in [-0.2, 0) is 20.8 Å². The fourth-order valence-corrected chi connectivity index (χ4v) is 5.24. The largest absolute Gasteiger partial charge is 0.547 e. The number of hydrogen-bond donors (Lipinski definition) is 6. The Balaban J connectivity index is 1.51. The summed E-state index contributed by atoms with van der Waals surface area (Å²) in [5.41, 5.74) is 5.94. The molecule has 2 saturated heterocycles. The lowest BCUT2D eigenvalue weighted by molar-refractivity contribution is -0.153. The first-order chi connectivity index (χ1) is 19.0. The Morgan fingerprint density at radius 1 is 1.18 bits per heavy atom. The number of nitrogens with two attached hydrogens (primary N) is 1. The van der Waals surface area contributed by atoms with Crippen LogP contribution in [-0.4, -0.2) is 112 Å². The zero-order valence-electron chi connectivity index (χ0n) is 22.0. The van der Waals surface area contributed by atoms with Gasteiger partial charge in [0.1, 0.15) is 11.8 Å². The number of piperazine rings is 1. The van der Waals surface area contributed by atoms with E-state index in [1.165, 1.54) is 17.0 Å². The number of likely N-dealkylation sites (N-methyl/N-ethyl adjacent to an activating group) is 1. The molecule has 0 aromatic heterocycles. The molecule has 1 aromatic carbocycles. The zero-order valence-corrected chi connectivity index (χ0v) is 22.0. The molecule has 15 nitrogen and oxygen atoms in total. The van der Waals surface area contributed by atoms with Gasteiger partial charge >= 0.3 is 30.9 Å². The average molecular weight is 557 g/mol. The lowest BCUT2D eigenvalue weighted by Crippen LogP contribution is -2.63. The fraction of sp³-hybridized carbons (Fsp3) is 0.500. The van der Waals surface area contributed by atoms with Crippen molar-refractivity contribution in [2.24, 2.45) is 11.7 Å². The van der Waals surface area contributed by atoms with Gasteiger partial charge in [0.2, 0.25) is 5.91 Å². The maximum Gasteiger partial charge on any atom is 0.547 e. The highest BCUT2D eigenvalue weighted by Gasteiger charge is 2.42. The van der Waals surface area contributed by atoms with Gasteiger partial charge in [-0.25, -0.2) is 9.59 Å². The second-order valence-corrected chi connectivity index (χ2v) is 9.91. The number of para-hydroxylation sites is 1. The third-order valence-electron chi connectivity index (χ3n) is 7.53. The van der Waals surface area contributed by atoms with Crippen molar-refractivity contribution in [1.29, 1.82) is 5.41 Å². The summed E-state index contributed by atoms with van der Waals surface area (Å²) in [6, 6.07) is 2.47. The third kappa shape index (κ3) is 5.80. The summed E-state index contributed by atoms with van der Waals surface area (Å²) >= 11 is 0. The van der Waals surface area contributed by atoms with Crippen molar-refractivity contribution in [3.05, 3.63) is 29.3 Å². The highest BCUT2D eigenvalue weighted by Crippen LogP contribution is 2.30. The van der Waals surface area contributed by atoms with Crippen LogP contribution in [0.1, 0.15) is 35.7 Å². The molecule has 2 fully saturated rings. The summed E-state index contributed by atoms with van der Waals surface area (Å²) in [6.07, 6.45) is 0.852. The lowest BCUT2D eigenvalue weighted by Gasteiger charge is -2.38. The van der Waals surface area contributed by atoms with Crippen molar-refractivity contribution >= 4 is 42.8 Å². The lowest BCUT2D eigenvalue weighted by atomic mass is 9.72. The number of likely N-dealkylation sites (tertiary alicyclic amines) is 1. The van der Waals surface area contributed by atoms with Gasteiger partial charge in [-0.2, -0.15) is 0 Å². The van der Waals surface area contributed by atoms with Crippen molar-refractivity contribution in [3.8, 4) is 5.75 Å². The van der Waals surface area contributed by atoms with Crippen LogP contribution in [0.5, 0.6) is 5.75 Å². The molecule has 214 valence electrons. The normalized spacial score (nSPS) is 20.4. The minimum Gasteiger partial charge on any atom is -0.534 e. The third-order valence-corrected chi connectivity index (χ3v) is 7.53. The van der Waals surface area contributed by atoms with Crippen LogP contribution in [0, 0.1) is 11.3 Å². The zero-order chi connectivity index (χ0) is 29.1. The van der Waals surface area contributed by atoms with Gasteiger partial charge in [0.25, 0.3) is 0 Å². The second-order valence-electron chi connectivity index (χ2n) is 9.91. The number of carboxylic acid groups (broad SMARTS) is 1.